The smallest absolute Gasteiger partial charge is 0.165 e. The third-order valence-corrected chi connectivity index (χ3v) is 3.83. The molecule has 2 rings (SSSR count). The van der Waals surface area contributed by atoms with Crippen LogP contribution in [0, 0.1) is 6.92 Å². The highest BCUT2D eigenvalue weighted by molar-refractivity contribution is 5.93. The van der Waals surface area contributed by atoms with Gasteiger partial charge in [-0.1, -0.05) is 44.4 Å². The molecule has 0 bridgehead atoms. The van der Waals surface area contributed by atoms with Gasteiger partial charge in [-0.15, -0.1) is 0 Å². The monoisotopic (exact) mass is 258 g/mol. The van der Waals surface area contributed by atoms with Gasteiger partial charge in [0, 0.05) is 5.39 Å². The summed E-state index contributed by atoms with van der Waals surface area (Å²) in [5.74, 6) is -0.0688. The van der Waals surface area contributed by atoms with Crippen molar-refractivity contribution in [2.24, 2.45) is 0 Å². The Morgan fingerprint density at radius 2 is 1.63 bits per heavy atom. The second kappa shape index (κ2) is 5.96. The van der Waals surface area contributed by atoms with Crippen LogP contribution in [0.5, 0.6) is 11.5 Å². The number of aromatic hydroxyl groups is 2. The van der Waals surface area contributed by atoms with Gasteiger partial charge in [0.1, 0.15) is 0 Å². The summed E-state index contributed by atoms with van der Waals surface area (Å²) < 4.78 is 0. The van der Waals surface area contributed by atoms with Crippen molar-refractivity contribution in [2.45, 2.75) is 46.0 Å². The highest BCUT2D eigenvalue weighted by atomic mass is 16.3. The van der Waals surface area contributed by atoms with Gasteiger partial charge in [0.05, 0.1) is 0 Å². The molecule has 0 saturated heterocycles. The number of phenols is 2. The predicted molar refractivity (Wildman–Crippen MR) is 79.9 cm³/mol. The molecule has 2 nitrogen and oxygen atoms in total. The number of unbranched alkanes of at least 4 members (excludes halogenated alkanes) is 3. The summed E-state index contributed by atoms with van der Waals surface area (Å²) in [5.41, 5.74) is 2.55. The molecule has 19 heavy (non-hydrogen) atoms. The van der Waals surface area contributed by atoms with Crippen LogP contribution >= 0.6 is 0 Å². The molecule has 2 N–H and O–H groups in total. The van der Waals surface area contributed by atoms with Gasteiger partial charge in [-0.3, -0.25) is 0 Å². The first-order chi connectivity index (χ1) is 9.15. The minimum absolute atomic E-state index is 0.0156. The molecular formula is C17H22O2. The lowest BCUT2D eigenvalue weighted by Crippen LogP contribution is -1.92. The fraction of sp³-hybridized carbons (Fsp3) is 0.412. The number of fused-ring (bicyclic) bond motifs is 1. The molecule has 0 atom stereocenters. The lowest BCUT2D eigenvalue weighted by Gasteiger charge is -2.11. The zero-order valence-electron chi connectivity index (χ0n) is 11.7. The van der Waals surface area contributed by atoms with Gasteiger partial charge in [0.15, 0.2) is 11.5 Å². The second-order valence-electron chi connectivity index (χ2n) is 5.19. The van der Waals surface area contributed by atoms with E-state index in [-0.39, 0.29) is 11.5 Å². The van der Waals surface area contributed by atoms with Crippen molar-refractivity contribution >= 4 is 10.8 Å². The first-order valence-corrected chi connectivity index (χ1v) is 7.08. The lowest BCUT2D eigenvalue weighted by atomic mass is 9.95. The molecule has 0 fully saturated rings. The van der Waals surface area contributed by atoms with Crippen LogP contribution in [0.1, 0.15) is 43.7 Å². The van der Waals surface area contributed by atoms with E-state index in [1.165, 1.54) is 36.8 Å². The topological polar surface area (TPSA) is 40.5 Å². The maximum Gasteiger partial charge on any atom is 0.165 e. The Morgan fingerprint density at radius 3 is 2.37 bits per heavy atom. The van der Waals surface area contributed by atoms with Gasteiger partial charge >= 0.3 is 0 Å². The highest BCUT2D eigenvalue weighted by Gasteiger charge is 2.09. The summed E-state index contributed by atoms with van der Waals surface area (Å²) >= 11 is 0. The van der Waals surface area contributed by atoms with Crippen molar-refractivity contribution < 1.29 is 10.2 Å². The molecule has 0 aliphatic rings. The summed E-state index contributed by atoms with van der Waals surface area (Å²) in [5, 5.41) is 21.2. The number of benzene rings is 2. The van der Waals surface area contributed by atoms with E-state index in [1.807, 2.05) is 12.1 Å². The van der Waals surface area contributed by atoms with Crippen LogP contribution in [-0.2, 0) is 6.42 Å². The van der Waals surface area contributed by atoms with Crippen molar-refractivity contribution in [2.75, 3.05) is 0 Å². The molecule has 2 aromatic rings. The van der Waals surface area contributed by atoms with Gasteiger partial charge < -0.3 is 10.2 Å². The zero-order valence-corrected chi connectivity index (χ0v) is 11.7. The minimum Gasteiger partial charge on any atom is -0.504 e. The van der Waals surface area contributed by atoms with Crippen LogP contribution in [0.3, 0.4) is 0 Å². The predicted octanol–water partition coefficient (Wildman–Crippen LogP) is 4.68. The SMILES string of the molecule is CCCCCCc1ccc2c(O)c(O)ccc2c1C. The molecule has 0 unspecified atom stereocenters. The van der Waals surface area contributed by atoms with Crippen molar-refractivity contribution in [3.63, 3.8) is 0 Å². The van der Waals surface area contributed by atoms with E-state index in [4.69, 9.17) is 0 Å². The first kappa shape index (κ1) is 13.7. The number of hydrogen-bond acceptors (Lipinski definition) is 2. The minimum atomic E-state index is -0.0532. The molecule has 0 heterocycles. The van der Waals surface area contributed by atoms with Crippen LogP contribution in [0.25, 0.3) is 10.8 Å². The number of phenolic OH excluding ortho intramolecular Hbond substituents is 2. The maximum atomic E-state index is 9.87. The van der Waals surface area contributed by atoms with Crippen LogP contribution in [-0.4, -0.2) is 10.2 Å². The molecule has 102 valence electrons. The van der Waals surface area contributed by atoms with Crippen molar-refractivity contribution in [3.05, 3.63) is 35.4 Å². The van der Waals surface area contributed by atoms with Crippen LogP contribution in [0.4, 0.5) is 0 Å². The molecule has 0 spiro atoms. The van der Waals surface area contributed by atoms with Crippen LogP contribution in [0.15, 0.2) is 24.3 Å². The average molecular weight is 258 g/mol. The van der Waals surface area contributed by atoms with Crippen molar-refractivity contribution in [1.29, 1.82) is 0 Å². The number of hydrogen-bond donors (Lipinski definition) is 2. The third kappa shape index (κ3) is 2.83. The Morgan fingerprint density at radius 1 is 0.895 bits per heavy atom. The van der Waals surface area contributed by atoms with Crippen molar-refractivity contribution in [3.8, 4) is 11.5 Å². The molecule has 0 saturated carbocycles. The van der Waals surface area contributed by atoms with Gasteiger partial charge in [-0.05, 0) is 42.3 Å². The number of aryl methyl sites for hydroxylation is 2. The van der Waals surface area contributed by atoms with Crippen molar-refractivity contribution in [1.82, 2.24) is 0 Å². The third-order valence-electron chi connectivity index (χ3n) is 3.83. The molecule has 2 aromatic carbocycles. The molecular weight excluding hydrogens is 236 g/mol. The first-order valence-electron chi connectivity index (χ1n) is 7.08. The van der Waals surface area contributed by atoms with Gasteiger partial charge in [-0.25, -0.2) is 0 Å². The summed E-state index contributed by atoms with van der Waals surface area (Å²) in [6.07, 6.45) is 6.12. The molecule has 0 aliphatic carbocycles. The molecule has 0 amide bonds. The fourth-order valence-electron chi connectivity index (χ4n) is 2.59. The average Bonchev–Trinajstić information content (AvgIpc) is 2.41. The maximum absolute atomic E-state index is 9.87. The zero-order chi connectivity index (χ0) is 13.8. The quantitative estimate of drug-likeness (QED) is 0.603. The Labute approximate surface area is 114 Å². The molecule has 0 aliphatic heterocycles. The summed E-state index contributed by atoms with van der Waals surface area (Å²) in [6.45, 7) is 4.31. The van der Waals surface area contributed by atoms with Gasteiger partial charge in [0.25, 0.3) is 0 Å². The summed E-state index contributed by atoms with van der Waals surface area (Å²) in [6, 6.07) is 7.43. The summed E-state index contributed by atoms with van der Waals surface area (Å²) in [7, 11) is 0. The summed E-state index contributed by atoms with van der Waals surface area (Å²) in [4.78, 5) is 0. The Kier molecular flexibility index (Phi) is 4.31. The largest absolute Gasteiger partial charge is 0.504 e. The lowest BCUT2D eigenvalue weighted by molar-refractivity contribution is 0.408. The Bertz CT molecular complexity index is 573. The van der Waals surface area contributed by atoms with E-state index in [0.717, 1.165) is 17.2 Å². The Hall–Kier alpha value is -1.70. The molecule has 0 radical (unpaired) electrons. The van der Waals surface area contributed by atoms with Crippen LogP contribution < -0.4 is 0 Å². The fourth-order valence-corrected chi connectivity index (χ4v) is 2.59. The number of rotatable bonds is 5. The van der Waals surface area contributed by atoms with E-state index in [9.17, 15) is 10.2 Å². The standard InChI is InChI=1S/C17H22O2/c1-3-4-5-6-7-13-8-9-15-14(12(13)2)10-11-16(18)17(15)19/h8-11,18-19H,3-7H2,1-2H3. The Balaban J connectivity index is 2.28. The van der Waals surface area contributed by atoms with E-state index >= 15 is 0 Å². The highest BCUT2D eigenvalue weighted by Crippen LogP contribution is 2.35. The molecule has 2 heteroatoms. The second-order valence-corrected chi connectivity index (χ2v) is 5.19. The van der Waals surface area contributed by atoms with Crippen LogP contribution in [0.2, 0.25) is 0 Å². The normalized spacial score (nSPS) is 11.1. The molecule has 0 aromatic heterocycles. The van der Waals surface area contributed by atoms with E-state index in [1.54, 1.807) is 6.07 Å². The van der Waals surface area contributed by atoms with E-state index in [0.29, 0.717) is 0 Å². The van der Waals surface area contributed by atoms with E-state index < -0.39 is 0 Å². The van der Waals surface area contributed by atoms with E-state index in [2.05, 4.69) is 19.9 Å². The van der Waals surface area contributed by atoms with Gasteiger partial charge in [0.2, 0.25) is 0 Å². The van der Waals surface area contributed by atoms with Gasteiger partial charge in [-0.2, -0.15) is 0 Å².